The number of aliphatic hydroxyl groups is 2. The first-order valence-corrected chi connectivity index (χ1v) is 9.06. The summed E-state index contributed by atoms with van der Waals surface area (Å²) < 4.78 is 7.29. The van der Waals surface area contributed by atoms with Crippen molar-refractivity contribution in [2.45, 2.75) is 37.0 Å². The van der Waals surface area contributed by atoms with E-state index >= 15 is 0 Å². The van der Waals surface area contributed by atoms with Crippen molar-refractivity contribution in [2.75, 3.05) is 17.2 Å². The molecule has 0 radical (unpaired) electrons. The smallest absolute Gasteiger partial charge is 0.320 e. The summed E-state index contributed by atoms with van der Waals surface area (Å²) in [4.78, 5) is 22.8. The van der Waals surface area contributed by atoms with Crippen LogP contribution in [-0.2, 0) is 9.53 Å². The number of aromatic nitrogens is 4. The van der Waals surface area contributed by atoms with E-state index in [1.165, 1.54) is 29.0 Å². The average Bonchev–Trinajstić information content (AvgIpc) is 3.15. The summed E-state index contributed by atoms with van der Waals surface area (Å²) in [5, 5.41) is 29.3. The summed E-state index contributed by atoms with van der Waals surface area (Å²) in [6.45, 7) is 0. The quantitative estimate of drug-likeness (QED) is 0.352. The molecule has 7 N–H and O–H groups in total. The minimum Gasteiger partial charge on any atom is -0.480 e. The van der Waals surface area contributed by atoms with Gasteiger partial charge in [0.2, 0.25) is 0 Å². The molecule has 26 heavy (non-hydrogen) atoms. The number of nitrogens with two attached hydrogens (primary N) is 2. The molecule has 11 nitrogen and oxygen atoms in total. The van der Waals surface area contributed by atoms with Gasteiger partial charge in [-0.25, -0.2) is 15.0 Å². The molecule has 12 heteroatoms. The second kappa shape index (κ2) is 7.72. The minimum atomic E-state index is -1.17. The number of hydrogen-bond acceptors (Lipinski definition) is 10. The van der Waals surface area contributed by atoms with Gasteiger partial charge in [-0.2, -0.15) is 11.8 Å². The molecule has 3 heterocycles. The summed E-state index contributed by atoms with van der Waals surface area (Å²) in [5.41, 5.74) is 12.0. The van der Waals surface area contributed by atoms with E-state index in [1.807, 2.05) is 0 Å². The Morgan fingerprint density at radius 3 is 2.85 bits per heavy atom. The molecule has 0 amide bonds. The van der Waals surface area contributed by atoms with Crippen molar-refractivity contribution >= 4 is 34.7 Å². The van der Waals surface area contributed by atoms with Crippen molar-refractivity contribution in [1.29, 1.82) is 0 Å². The highest BCUT2D eigenvalue weighted by Gasteiger charge is 2.44. The zero-order valence-electron chi connectivity index (χ0n) is 13.7. The van der Waals surface area contributed by atoms with Gasteiger partial charge in [0.1, 0.15) is 30.1 Å². The van der Waals surface area contributed by atoms with Crippen molar-refractivity contribution < 1.29 is 24.9 Å². The van der Waals surface area contributed by atoms with Gasteiger partial charge < -0.3 is 31.5 Å². The number of imidazole rings is 1. The number of carbonyl (C=O) groups is 1. The number of carboxylic acid groups (broad SMARTS) is 1. The Hall–Kier alpha value is -1.99. The lowest BCUT2D eigenvalue weighted by Crippen LogP contribution is -2.33. The number of nitrogen functional groups attached to an aromatic ring is 1. The number of rotatable bonds is 7. The molecule has 1 aliphatic heterocycles. The van der Waals surface area contributed by atoms with Gasteiger partial charge in [-0.15, -0.1) is 0 Å². The minimum absolute atomic E-state index is 0.212. The normalized spacial score (nSPS) is 27.0. The van der Waals surface area contributed by atoms with Crippen molar-refractivity contribution in [3.05, 3.63) is 12.7 Å². The Bertz CT molecular complexity index is 788. The zero-order valence-corrected chi connectivity index (χ0v) is 14.5. The highest BCUT2D eigenvalue weighted by atomic mass is 32.2. The molecular weight excluding hydrogens is 364 g/mol. The van der Waals surface area contributed by atoms with E-state index in [-0.39, 0.29) is 5.82 Å². The van der Waals surface area contributed by atoms with Crippen LogP contribution in [0.15, 0.2) is 12.7 Å². The van der Waals surface area contributed by atoms with Crippen LogP contribution in [0.4, 0.5) is 5.82 Å². The maximum absolute atomic E-state index is 10.7. The molecule has 2 aromatic rings. The summed E-state index contributed by atoms with van der Waals surface area (Å²) in [5.74, 6) is 0.0405. The number of fused-ring (bicyclic) bond motifs is 1. The second-order valence-electron chi connectivity index (χ2n) is 5.94. The number of carboxylic acids is 1. The van der Waals surface area contributed by atoms with E-state index in [9.17, 15) is 15.0 Å². The first kappa shape index (κ1) is 18.8. The number of anilines is 1. The fourth-order valence-corrected chi connectivity index (χ4v) is 3.78. The lowest BCUT2D eigenvalue weighted by Gasteiger charge is -2.16. The van der Waals surface area contributed by atoms with Gasteiger partial charge in [0, 0.05) is 5.75 Å². The molecule has 1 saturated heterocycles. The van der Waals surface area contributed by atoms with Gasteiger partial charge in [0.15, 0.2) is 17.7 Å². The largest absolute Gasteiger partial charge is 0.480 e. The van der Waals surface area contributed by atoms with Gasteiger partial charge in [-0.1, -0.05) is 0 Å². The van der Waals surface area contributed by atoms with E-state index in [0.29, 0.717) is 29.1 Å². The van der Waals surface area contributed by atoms with Crippen LogP contribution in [0.2, 0.25) is 0 Å². The van der Waals surface area contributed by atoms with Gasteiger partial charge in [0.25, 0.3) is 0 Å². The molecule has 142 valence electrons. The van der Waals surface area contributed by atoms with Crippen molar-refractivity contribution in [2.24, 2.45) is 5.73 Å². The average molecular weight is 384 g/mol. The van der Waals surface area contributed by atoms with Gasteiger partial charge in [-0.05, 0) is 12.2 Å². The number of ether oxygens (including phenoxy) is 1. The fourth-order valence-electron chi connectivity index (χ4n) is 2.69. The second-order valence-corrected chi connectivity index (χ2v) is 7.09. The van der Waals surface area contributed by atoms with Crippen LogP contribution in [0.25, 0.3) is 11.2 Å². The SMILES string of the molecule is Nc1ncnc2c1ncn2C1OC(CSCC[C@H](N)C(=O)O)C(O)C1O. The molecule has 3 rings (SSSR count). The molecular formula is C14H20N6O5S. The summed E-state index contributed by atoms with van der Waals surface area (Å²) in [6.07, 6.45) is -0.747. The molecule has 1 aliphatic rings. The van der Waals surface area contributed by atoms with Crippen molar-refractivity contribution in [1.82, 2.24) is 19.5 Å². The van der Waals surface area contributed by atoms with Crippen LogP contribution < -0.4 is 11.5 Å². The standard InChI is InChI=1S/C14H20N6O5S/c15-6(14(23)24)1-2-26-3-7-9(21)10(22)13(25-7)20-5-19-8-11(16)17-4-18-12(8)20/h4-7,9-10,13,21-22H,1-3,15H2,(H,23,24)(H2,16,17,18)/t6-,7?,9?,10?,13?/m0/s1. The first-order valence-electron chi connectivity index (χ1n) is 7.91. The van der Waals surface area contributed by atoms with E-state index in [2.05, 4.69) is 15.0 Å². The monoisotopic (exact) mass is 384 g/mol. The molecule has 0 spiro atoms. The summed E-state index contributed by atoms with van der Waals surface area (Å²) in [6, 6.07) is -0.919. The lowest BCUT2D eigenvalue weighted by molar-refractivity contribution is -0.138. The van der Waals surface area contributed by atoms with Crippen LogP contribution in [0.3, 0.4) is 0 Å². The molecule has 0 saturated carbocycles. The van der Waals surface area contributed by atoms with Crippen LogP contribution in [0, 0.1) is 0 Å². The highest BCUT2D eigenvalue weighted by Crippen LogP contribution is 2.33. The first-order chi connectivity index (χ1) is 12.4. The summed E-state index contributed by atoms with van der Waals surface area (Å²) >= 11 is 1.40. The molecule has 0 aromatic carbocycles. The lowest BCUT2D eigenvalue weighted by atomic mass is 10.1. The highest BCUT2D eigenvalue weighted by molar-refractivity contribution is 7.99. The topological polar surface area (TPSA) is 183 Å². The predicted molar refractivity (Wildman–Crippen MR) is 93.2 cm³/mol. The maximum Gasteiger partial charge on any atom is 0.320 e. The Labute approximate surface area is 152 Å². The molecule has 0 bridgehead atoms. The van der Waals surface area contributed by atoms with Gasteiger partial charge in [0.05, 0.1) is 12.4 Å². The number of aliphatic carboxylic acids is 1. The fraction of sp³-hybridized carbons (Fsp3) is 0.571. The Balaban J connectivity index is 1.64. The molecule has 1 fully saturated rings. The number of hydrogen-bond donors (Lipinski definition) is 5. The Morgan fingerprint density at radius 2 is 2.12 bits per heavy atom. The molecule has 0 aliphatic carbocycles. The predicted octanol–water partition coefficient (Wildman–Crippen LogP) is -1.44. The molecule has 5 atom stereocenters. The Kier molecular flexibility index (Phi) is 5.58. The number of aliphatic hydroxyl groups excluding tert-OH is 2. The van der Waals surface area contributed by atoms with Crippen LogP contribution in [0.1, 0.15) is 12.6 Å². The van der Waals surface area contributed by atoms with Gasteiger partial charge in [-0.3, -0.25) is 9.36 Å². The summed E-state index contributed by atoms with van der Waals surface area (Å²) in [7, 11) is 0. The zero-order chi connectivity index (χ0) is 18.8. The van der Waals surface area contributed by atoms with E-state index in [1.54, 1.807) is 0 Å². The third-order valence-electron chi connectivity index (χ3n) is 4.17. The van der Waals surface area contributed by atoms with E-state index < -0.39 is 36.6 Å². The van der Waals surface area contributed by atoms with E-state index in [0.717, 1.165) is 0 Å². The Morgan fingerprint density at radius 1 is 1.35 bits per heavy atom. The van der Waals surface area contributed by atoms with Crippen molar-refractivity contribution in [3.63, 3.8) is 0 Å². The third kappa shape index (κ3) is 3.59. The molecule has 2 aromatic heterocycles. The van der Waals surface area contributed by atoms with E-state index in [4.69, 9.17) is 21.3 Å². The number of thioether (sulfide) groups is 1. The van der Waals surface area contributed by atoms with Crippen molar-refractivity contribution in [3.8, 4) is 0 Å². The van der Waals surface area contributed by atoms with Crippen LogP contribution >= 0.6 is 11.8 Å². The maximum atomic E-state index is 10.7. The van der Waals surface area contributed by atoms with Gasteiger partial charge >= 0.3 is 5.97 Å². The third-order valence-corrected chi connectivity index (χ3v) is 5.26. The number of nitrogens with zero attached hydrogens (tertiary/aromatic N) is 4. The van der Waals surface area contributed by atoms with Crippen LogP contribution in [0.5, 0.6) is 0 Å². The molecule has 4 unspecified atom stereocenters. The van der Waals surface area contributed by atoms with Crippen LogP contribution in [-0.4, -0.2) is 76.7 Å².